The standard InChI is InChI=1S/C15H19FN2O4S/c1-9-14(6-5-13(21-4)15(9)16)23(19,20)17-8-7-12-10(2)18-22-11(12)3/h5-6,17H,7-8H2,1-4H3. The Hall–Kier alpha value is -1.93. The molecule has 0 bridgehead atoms. The molecule has 1 heterocycles. The molecule has 0 saturated carbocycles. The van der Waals surface area contributed by atoms with Crippen molar-refractivity contribution in [3.8, 4) is 5.75 Å². The minimum absolute atomic E-state index is 0.0113. The normalized spacial score (nSPS) is 11.7. The fourth-order valence-electron chi connectivity index (χ4n) is 2.34. The number of rotatable bonds is 6. The Balaban J connectivity index is 2.15. The molecule has 0 radical (unpaired) electrons. The number of hydrogen-bond acceptors (Lipinski definition) is 5. The third kappa shape index (κ3) is 3.53. The van der Waals surface area contributed by atoms with Crippen molar-refractivity contribution in [2.24, 2.45) is 0 Å². The van der Waals surface area contributed by atoms with Gasteiger partial charge in [0.15, 0.2) is 11.6 Å². The van der Waals surface area contributed by atoms with Gasteiger partial charge < -0.3 is 9.26 Å². The van der Waals surface area contributed by atoms with Crippen molar-refractivity contribution in [3.63, 3.8) is 0 Å². The van der Waals surface area contributed by atoms with Gasteiger partial charge in [0, 0.05) is 17.7 Å². The Morgan fingerprint density at radius 2 is 2.00 bits per heavy atom. The quantitative estimate of drug-likeness (QED) is 0.871. The zero-order chi connectivity index (χ0) is 17.2. The Labute approximate surface area is 134 Å². The molecule has 6 nitrogen and oxygen atoms in total. The molecule has 0 aliphatic rings. The number of nitrogens with zero attached hydrogens (tertiary/aromatic N) is 1. The predicted molar refractivity (Wildman–Crippen MR) is 82.6 cm³/mol. The highest BCUT2D eigenvalue weighted by molar-refractivity contribution is 7.89. The van der Waals surface area contributed by atoms with Gasteiger partial charge in [-0.05, 0) is 39.3 Å². The van der Waals surface area contributed by atoms with Crippen LogP contribution in [0.2, 0.25) is 0 Å². The zero-order valence-electron chi connectivity index (χ0n) is 13.4. The third-order valence-electron chi connectivity index (χ3n) is 3.66. The fourth-order valence-corrected chi connectivity index (χ4v) is 3.60. The van der Waals surface area contributed by atoms with Crippen LogP contribution < -0.4 is 9.46 Å². The van der Waals surface area contributed by atoms with E-state index in [1.54, 1.807) is 13.8 Å². The summed E-state index contributed by atoms with van der Waals surface area (Å²) < 4.78 is 51.0. The van der Waals surface area contributed by atoms with Gasteiger partial charge in [0.1, 0.15) is 5.76 Å². The lowest BCUT2D eigenvalue weighted by molar-refractivity contribution is 0.384. The van der Waals surface area contributed by atoms with Crippen molar-refractivity contribution >= 4 is 10.0 Å². The molecule has 1 aromatic heterocycles. The summed E-state index contributed by atoms with van der Waals surface area (Å²) in [4.78, 5) is -0.102. The molecule has 1 aromatic carbocycles. The highest BCUT2D eigenvalue weighted by Crippen LogP contribution is 2.25. The summed E-state index contributed by atoms with van der Waals surface area (Å²) in [5.41, 5.74) is 1.62. The molecule has 0 fully saturated rings. The van der Waals surface area contributed by atoms with Gasteiger partial charge in [-0.25, -0.2) is 17.5 Å². The molecule has 2 aromatic rings. The highest BCUT2D eigenvalue weighted by Gasteiger charge is 2.21. The fraction of sp³-hybridized carbons (Fsp3) is 0.400. The first-order valence-corrected chi connectivity index (χ1v) is 8.50. The van der Waals surface area contributed by atoms with Crippen molar-refractivity contribution in [2.75, 3.05) is 13.7 Å². The molecule has 126 valence electrons. The van der Waals surface area contributed by atoms with Crippen LogP contribution in [-0.2, 0) is 16.4 Å². The van der Waals surface area contributed by atoms with Crippen molar-refractivity contribution < 1.29 is 22.1 Å². The molecular weight excluding hydrogens is 323 g/mol. The molecule has 0 aliphatic carbocycles. The van der Waals surface area contributed by atoms with E-state index in [1.807, 2.05) is 0 Å². The van der Waals surface area contributed by atoms with Crippen LogP contribution in [0.1, 0.15) is 22.6 Å². The number of ether oxygens (including phenoxy) is 1. The monoisotopic (exact) mass is 342 g/mol. The van der Waals surface area contributed by atoms with Gasteiger partial charge in [-0.1, -0.05) is 5.16 Å². The van der Waals surface area contributed by atoms with E-state index in [-0.39, 0.29) is 22.8 Å². The Morgan fingerprint density at radius 3 is 2.57 bits per heavy atom. The van der Waals surface area contributed by atoms with Crippen LogP contribution in [-0.4, -0.2) is 27.2 Å². The minimum atomic E-state index is -3.81. The molecule has 23 heavy (non-hydrogen) atoms. The molecule has 0 amide bonds. The lowest BCUT2D eigenvalue weighted by Gasteiger charge is -2.11. The summed E-state index contributed by atoms with van der Waals surface area (Å²) in [5.74, 6) is -0.00774. The number of benzene rings is 1. The molecule has 1 N–H and O–H groups in total. The van der Waals surface area contributed by atoms with Crippen molar-refractivity contribution in [1.29, 1.82) is 0 Å². The highest BCUT2D eigenvalue weighted by atomic mass is 32.2. The Bertz CT molecular complexity index is 796. The van der Waals surface area contributed by atoms with Crippen molar-refractivity contribution in [1.82, 2.24) is 9.88 Å². The molecule has 2 rings (SSSR count). The van der Waals surface area contributed by atoms with Crippen LogP contribution >= 0.6 is 0 Å². The van der Waals surface area contributed by atoms with E-state index >= 15 is 0 Å². The third-order valence-corrected chi connectivity index (χ3v) is 5.26. The number of aromatic nitrogens is 1. The maximum Gasteiger partial charge on any atom is 0.240 e. The van der Waals surface area contributed by atoms with Crippen LogP contribution in [0, 0.1) is 26.6 Å². The summed E-state index contributed by atoms with van der Waals surface area (Å²) >= 11 is 0. The van der Waals surface area contributed by atoms with Crippen LogP contribution in [0.25, 0.3) is 0 Å². The molecule has 0 spiro atoms. The van der Waals surface area contributed by atoms with Crippen LogP contribution in [0.15, 0.2) is 21.6 Å². The van der Waals surface area contributed by atoms with E-state index < -0.39 is 15.8 Å². The lowest BCUT2D eigenvalue weighted by Crippen LogP contribution is -2.27. The van der Waals surface area contributed by atoms with Gasteiger partial charge in [0.2, 0.25) is 10.0 Å². The van der Waals surface area contributed by atoms with Gasteiger partial charge in [-0.3, -0.25) is 0 Å². The maximum atomic E-state index is 14.0. The Morgan fingerprint density at radius 1 is 1.30 bits per heavy atom. The number of methoxy groups -OCH3 is 1. The van der Waals surface area contributed by atoms with Gasteiger partial charge in [0.05, 0.1) is 17.7 Å². The second-order valence-corrected chi connectivity index (χ2v) is 6.89. The molecule has 0 unspecified atom stereocenters. The largest absolute Gasteiger partial charge is 0.494 e. The van der Waals surface area contributed by atoms with E-state index in [2.05, 4.69) is 9.88 Å². The average molecular weight is 342 g/mol. The second-order valence-electron chi connectivity index (χ2n) is 5.16. The first-order valence-electron chi connectivity index (χ1n) is 7.02. The number of hydrogen-bond donors (Lipinski definition) is 1. The summed E-state index contributed by atoms with van der Waals surface area (Å²) in [5, 5.41) is 3.82. The van der Waals surface area contributed by atoms with Crippen molar-refractivity contribution in [3.05, 3.63) is 40.5 Å². The van der Waals surface area contributed by atoms with E-state index in [0.717, 1.165) is 11.3 Å². The summed E-state index contributed by atoms with van der Waals surface area (Å²) in [6.07, 6.45) is 0.443. The first kappa shape index (κ1) is 17.4. The zero-order valence-corrected chi connectivity index (χ0v) is 14.3. The molecule has 0 atom stereocenters. The smallest absolute Gasteiger partial charge is 0.240 e. The topological polar surface area (TPSA) is 81.4 Å². The first-order chi connectivity index (χ1) is 10.8. The van der Waals surface area contributed by atoms with Gasteiger partial charge >= 0.3 is 0 Å². The summed E-state index contributed by atoms with van der Waals surface area (Å²) in [7, 11) is -2.49. The van der Waals surface area contributed by atoms with Crippen LogP contribution in [0.4, 0.5) is 4.39 Å². The van der Waals surface area contributed by atoms with Gasteiger partial charge in [-0.2, -0.15) is 0 Å². The maximum absolute atomic E-state index is 14.0. The number of sulfonamides is 1. The SMILES string of the molecule is COc1ccc(S(=O)(=O)NCCc2c(C)noc2C)c(C)c1F. The molecular formula is C15H19FN2O4S. The lowest BCUT2D eigenvalue weighted by atomic mass is 10.1. The average Bonchev–Trinajstić information content (AvgIpc) is 2.81. The van der Waals surface area contributed by atoms with E-state index in [9.17, 15) is 12.8 Å². The predicted octanol–water partition coefficient (Wildman–Crippen LogP) is 2.27. The van der Waals surface area contributed by atoms with E-state index in [0.29, 0.717) is 12.2 Å². The minimum Gasteiger partial charge on any atom is -0.494 e. The number of halogens is 1. The van der Waals surface area contributed by atoms with E-state index in [4.69, 9.17) is 9.26 Å². The van der Waals surface area contributed by atoms with E-state index in [1.165, 1.54) is 26.2 Å². The van der Waals surface area contributed by atoms with Crippen molar-refractivity contribution in [2.45, 2.75) is 32.1 Å². The van der Waals surface area contributed by atoms with Gasteiger partial charge in [-0.15, -0.1) is 0 Å². The Kier molecular flexibility index (Phi) is 5.06. The molecule has 8 heteroatoms. The summed E-state index contributed by atoms with van der Waals surface area (Å²) in [6, 6.07) is 2.63. The van der Waals surface area contributed by atoms with Crippen LogP contribution in [0.3, 0.4) is 0 Å². The van der Waals surface area contributed by atoms with Crippen LogP contribution in [0.5, 0.6) is 5.75 Å². The number of aryl methyl sites for hydroxylation is 2. The second kappa shape index (κ2) is 6.67. The number of nitrogens with one attached hydrogen (secondary N) is 1. The van der Waals surface area contributed by atoms with Gasteiger partial charge in [0.25, 0.3) is 0 Å². The summed E-state index contributed by atoms with van der Waals surface area (Å²) in [6.45, 7) is 5.13. The molecule has 0 aliphatic heterocycles. The molecule has 0 saturated heterocycles.